The lowest BCUT2D eigenvalue weighted by Crippen LogP contribution is -2.52. The fourth-order valence-electron chi connectivity index (χ4n) is 6.77. The van der Waals surface area contributed by atoms with Crippen LogP contribution in [0.4, 0.5) is 0 Å². The summed E-state index contributed by atoms with van der Waals surface area (Å²) in [5, 5.41) is 11.3. The van der Waals surface area contributed by atoms with Crippen LogP contribution in [0, 0.1) is 22.2 Å². The molecule has 0 unspecified atom stereocenters. The lowest BCUT2D eigenvalue weighted by molar-refractivity contribution is -0.0980. The van der Waals surface area contributed by atoms with Crippen molar-refractivity contribution in [3.63, 3.8) is 0 Å². The standard InChI is InChI=1S/C21H30O2S/c1-19-11-8-12-21(19,3)20(2)13-15(22)17(16(19)18(20)23-4)24-14-9-6-5-7-10-14/h5-7,9-10,15-18,22H,8,11-13H2,1-4H3/t15-,16+,17-,18-,19+,20-,21+/m1/s1. The van der Waals surface area contributed by atoms with Crippen LogP contribution in [0.3, 0.4) is 0 Å². The molecule has 1 N–H and O–H groups in total. The van der Waals surface area contributed by atoms with Crippen LogP contribution >= 0.6 is 11.8 Å². The maximum Gasteiger partial charge on any atom is 0.0676 e. The van der Waals surface area contributed by atoms with Gasteiger partial charge < -0.3 is 9.84 Å². The normalized spacial score (nSPS) is 50.0. The first kappa shape index (κ1) is 16.9. The predicted molar refractivity (Wildman–Crippen MR) is 99.2 cm³/mol. The lowest BCUT2D eigenvalue weighted by Gasteiger charge is -2.49. The second kappa shape index (κ2) is 5.49. The number of aliphatic hydroxyl groups excluding tert-OH is 1. The van der Waals surface area contributed by atoms with Crippen molar-refractivity contribution in [1.29, 1.82) is 0 Å². The number of rotatable bonds is 3. The molecule has 0 radical (unpaired) electrons. The minimum Gasteiger partial charge on any atom is -0.392 e. The van der Waals surface area contributed by atoms with Crippen molar-refractivity contribution in [2.24, 2.45) is 22.2 Å². The van der Waals surface area contributed by atoms with Gasteiger partial charge in [-0.05, 0) is 42.2 Å². The maximum absolute atomic E-state index is 11.1. The highest BCUT2D eigenvalue weighted by Gasteiger charge is 2.75. The molecule has 3 saturated carbocycles. The van der Waals surface area contributed by atoms with Crippen LogP contribution in [-0.4, -0.2) is 29.7 Å². The van der Waals surface area contributed by atoms with Gasteiger partial charge in [0.25, 0.3) is 0 Å². The Labute approximate surface area is 150 Å². The van der Waals surface area contributed by atoms with Gasteiger partial charge in [0.1, 0.15) is 0 Å². The van der Waals surface area contributed by atoms with Crippen LogP contribution < -0.4 is 0 Å². The second-order valence-corrected chi connectivity index (χ2v) is 10.1. The summed E-state index contributed by atoms with van der Waals surface area (Å²) in [6.07, 6.45) is 4.70. The maximum atomic E-state index is 11.1. The van der Waals surface area contributed by atoms with Crippen molar-refractivity contribution in [2.75, 3.05) is 7.11 Å². The smallest absolute Gasteiger partial charge is 0.0676 e. The highest BCUT2D eigenvalue weighted by Crippen LogP contribution is 2.77. The average molecular weight is 347 g/mol. The fraction of sp³-hybridized carbons (Fsp3) is 0.714. The van der Waals surface area contributed by atoms with E-state index in [1.807, 2.05) is 18.9 Å². The zero-order chi connectivity index (χ0) is 17.2. The number of hydrogen-bond acceptors (Lipinski definition) is 3. The van der Waals surface area contributed by atoms with Gasteiger partial charge in [0.15, 0.2) is 0 Å². The van der Waals surface area contributed by atoms with E-state index in [-0.39, 0.29) is 33.7 Å². The summed E-state index contributed by atoms with van der Waals surface area (Å²) in [6, 6.07) is 10.6. The Hall–Kier alpha value is -0.510. The van der Waals surface area contributed by atoms with Gasteiger partial charge >= 0.3 is 0 Å². The molecule has 132 valence electrons. The van der Waals surface area contributed by atoms with E-state index in [2.05, 4.69) is 51.1 Å². The summed E-state index contributed by atoms with van der Waals surface area (Å²) < 4.78 is 6.14. The molecule has 3 aliphatic carbocycles. The highest BCUT2D eigenvalue weighted by atomic mass is 32.2. The van der Waals surface area contributed by atoms with Gasteiger partial charge in [-0.1, -0.05) is 45.4 Å². The van der Waals surface area contributed by atoms with Crippen LogP contribution in [0.15, 0.2) is 35.2 Å². The lowest BCUT2D eigenvalue weighted by atomic mass is 9.58. The van der Waals surface area contributed by atoms with E-state index in [1.54, 1.807) is 0 Å². The number of aliphatic hydroxyl groups is 1. The van der Waals surface area contributed by atoms with E-state index in [0.29, 0.717) is 5.92 Å². The van der Waals surface area contributed by atoms with Crippen molar-refractivity contribution < 1.29 is 9.84 Å². The van der Waals surface area contributed by atoms with Crippen molar-refractivity contribution in [1.82, 2.24) is 0 Å². The number of thioether (sulfide) groups is 1. The van der Waals surface area contributed by atoms with Gasteiger partial charge in [-0.3, -0.25) is 0 Å². The van der Waals surface area contributed by atoms with Crippen molar-refractivity contribution in [2.45, 2.75) is 68.8 Å². The third-order valence-corrected chi connectivity index (χ3v) is 9.64. The summed E-state index contributed by atoms with van der Waals surface area (Å²) in [5.74, 6) is 0.411. The minimum absolute atomic E-state index is 0.0742. The molecule has 4 rings (SSSR count). The SMILES string of the molecule is CO[C@@H]1[C@@H]2[C@H](Sc3ccccc3)[C@H](O)C[C@@]1(C)[C@@]1(C)CCC[C@@]21C. The molecule has 24 heavy (non-hydrogen) atoms. The third kappa shape index (κ3) is 1.92. The number of benzene rings is 1. The van der Waals surface area contributed by atoms with Crippen LogP contribution in [0.1, 0.15) is 46.5 Å². The van der Waals surface area contributed by atoms with Crippen molar-refractivity contribution in [3.8, 4) is 0 Å². The number of ether oxygens (including phenoxy) is 1. The van der Waals surface area contributed by atoms with Gasteiger partial charge in [-0.25, -0.2) is 0 Å². The van der Waals surface area contributed by atoms with Crippen LogP contribution in [0.25, 0.3) is 0 Å². The fourth-order valence-corrected chi connectivity index (χ4v) is 8.24. The first-order chi connectivity index (χ1) is 11.4. The molecule has 0 spiro atoms. The number of hydrogen-bond donors (Lipinski definition) is 1. The quantitative estimate of drug-likeness (QED) is 0.856. The number of methoxy groups -OCH3 is 1. The van der Waals surface area contributed by atoms with E-state index < -0.39 is 0 Å². The summed E-state index contributed by atoms with van der Waals surface area (Å²) >= 11 is 1.87. The van der Waals surface area contributed by atoms with Gasteiger partial charge in [-0.2, -0.15) is 0 Å². The average Bonchev–Trinajstić information content (AvgIpc) is 2.92. The summed E-state index contributed by atoms with van der Waals surface area (Å²) in [6.45, 7) is 7.35. The molecular weight excluding hydrogens is 316 g/mol. The molecule has 2 nitrogen and oxygen atoms in total. The Kier molecular flexibility index (Phi) is 3.87. The second-order valence-electron chi connectivity index (χ2n) is 8.87. The molecule has 0 aromatic heterocycles. The molecule has 0 amide bonds. The van der Waals surface area contributed by atoms with Gasteiger partial charge in [0, 0.05) is 28.6 Å². The van der Waals surface area contributed by atoms with E-state index >= 15 is 0 Å². The molecule has 7 atom stereocenters. The summed E-state index contributed by atoms with van der Waals surface area (Å²) in [7, 11) is 1.88. The highest BCUT2D eigenvalue weighted by molar-refractivity contribution is 8.00. The molecular formula is C21H30O2S. The van der Waals surface area contributed by atoms with E-state index in [4.69, 9.17) is 4.74 Å². The molecule has 1 aromatic rings. The van der Waals surface area contributed by atoms with Gasteiger partial charge in [-0.15, -0.1) is 11.8 Å². The Morgan fingerprint density at radius 3 is 2.46 bits per heavy atom. The number of fused-ring (bicyclic) bond motifs is 5. The topological polar surface area (TPSA) is 29.5 Å². The largest absolute Gasteiger partial charge is 0.392 e. The summed E-state index contributed by atoms with van der Waals surface area (Å²) in [4.78, 5) is 1.26. The van der Waals surface area contributed by atoms with E-state index in [1.165, 1.54) is 24.2 Å². The predicted octanol–water partition coefficient (Wildman–Crippen LogP) is 4.76. The first-order valence-electron chi connectivity index (χ1n) is 9.30. The van der Waals surface area contributed by atoms with Crippen LogP contribution in [-0.2, 0) is 4.74 Å². The van der Waals surface area contributed by atoms with Gasteiger partial charge in [0.2, 0.25) is 0 Å². The van der Waals surface area contributed by atoms with E-state index in [0.717, 1.165) is 6.42 Å². The minimum atomic E-state index is -0.254. The Bertz CT molecular complexity index is 620. The zero-order valence-corrected chi connectivity index (χ0v) is 16.1. The van der Waals surface area contributed by atoms with E-state index in [9.17, 15) is 5.11 Å². The molecule has 0 saturated heterocycles. The van der Waals surface area contributed by atoms with Crippen LogP contribution in [0.2, 0.25) is 0 Å². The molecule has 3 heteroatoms. The molecule has 3 aliphatic rings. The Balaban J connectivity index is 1.78. The first-order valence-corrected chi connectivity index (χ1v) is 10.2. The monoisotopic (exact) mass is 346 g/mol. The van der Waals surface area contributed by atoms with Gasteiger partial charge in [0.05, 0.1) is 12.2 Å². The Morgan fingerprint density at radius 1 is 1.08 bits per heavy atom. The molecule has 1 aromatic carbocycles. The molecule has 0 heterocycles. The van der Waals surface area contributed by atoms with Crippen molar-refractivity contribution >= 4 is 11.8 Å². The molecule has 3 fully saturated rings. The molecule has 2 bridgehead atoms. The Morgan fingerprint density at radius 2 is 1.79 bits per heavy atom. The van der Waals surface area contributed by atoms with Crippen molar-refractivity contribution in [3.05, 3.63) is 30.3 Å². The third-order valence-electron chi connectivity index (χ3n) is 8.22. The summed E-state index contributed by atoms with van der Waals surface area (Å²) in [5.41, 5.74) is 0.593. The molecule has 0 aliphatic heterocycles. The van der Waals surface area contributed by atoms with Crippen LogP contribution in [0.5, 0.6) is 0 Å². The zero-order valence-electron chi connectivity index (χ0n) is 15.3.